The van der Waals surface area contributed by atoms with Gasteiger partial charge in [0, 0.05) is 25.0 Å². The molecule has 17 heavy (non-hydrogen) atoms. The maximum atomic E-state index is 5.42. The van der Waals surface area contributed by atoms with Crippen LogP contribution in [0.4, 0.5) is 0 Å². The van der Waals surface area contributed by atoms with Gasteiger partial charge in [0.05, 0.1) is 26.4 Å². The van der Waals surface area contributed by atoms with E-state index in [1.54, 1.807) is 0 Å². The first-order valence-corrected chi connectivity index (χ1v) is 6.81. The van der Waals surface area contributed by atoms with Gasteiger partial charge < -0.3 is 19.3 Å². The molecule has 2 atom stereocenters. The Hall–Kier alpha value is -0.160. The maximum absolute atomic E-state index is 5.42. The van der Waals surface area contributed by atoms with Crippen molar-refractivity contribution in [3.05, 3.63) is 0 Å². The minimum absolute atomic E-state index is 0.744. The van der Waals surface area contributed by atoms with E-state index in [1.165, 1.54) is 19.4 Å². The van der Waals surface area contributed by atoms with Gasteiger partial charge >= 0.3 is 0 Å². The van der Waals surface area contributed by atoms with E-state index in [2.05, 4.69) is 23.9 Å². The minimum atomic E-state index is 0.744. The number of likely N-dealkylation sites (N-methyl/N-ethyl adjacent to an activating group) is 2. The van der Waals surface area contributed by atoms with E-state index < -0.39 is 0 Å². The van der Waals surface area contributed by atoms with E-state index in [-0.39, 0.29) is 0 Å². The highest BCUT2D eigenvalue weighted by molar-refractivity contribution is 4.85. The zero-order valence-electron chi connectivity index (χ0n) is 11.2. The van der Waals surface area contributed by atoms with Crippen molar-refractivity contribution in [3.63, 3.8) is 0 Å². The zero-order valence-corrected chi connectivity index (χ0v) is 11.2. The van der Waals surface area contributed by atoms with Crippen LogP contribution in [0.2, 0.25) is 0 Å². The smallest absolute Gasteiger partial charge is 0.0625 e. The molecular formula is C13H26N2O2. The number of likely N-dealkylation sites (tertiary alicyclic amines) is 1. The fourth-order valence-corrected chi connectivity index (χ4v) is 2.77. The largest absolute Gasteiger partial charge is 0.379 e. The molecule has 0 bridgehead atoms. The van der Waals surface area contributed by atoms with Crippen LogP contribution in [0.3, 0.4) is 0 Å². The van der Waals surface area contributed by atoms with Crippen LogP contribution in [-0.2, 0) is 9.47 Å². The van der Waals surface area contributed by atoms with E-state index in [9.17, 15) is 0 Å². The lowest BCUT2D eigenvalue weighted by atomic mass is 9.93. The molecule has 3 aliphatic heterocycles. The summed E-state index contributed by atoms with van der Waals surface area (Å²) in [6.45, 7) is 7.27. The van der Waals surface area contributed by atoms with E-state index >= 15 is 0 Å². The van der Waals surface area contributed by atoms with E-state index in [4.69, 9.17) is 9.47 Å². The summed E-state index contributed by atoms with van der Waals surface area (Å²) >= 11 is 0. The zero-order chi connectivity index (χ0) is 12.1. The number of piperidine rings is 1. The fraction of sp³-hybridized carbons (Fsp3) is 1.00. The van der Waals surface area contributed by atoms with Crippen molar-refractivity contribution >= 4 is 0 Å². The Morgan fingerprint density at radius 1 is 0.941 bits per heavy atom. The molecule has 0 aromatic carbocycles. The molecule has 2 unspecified atom stereocenters. The molecule has 3 fully saturated rings. The van der Waals surface area contributed by atoms with Crippen molar-refractivity contribution in [1.82, 2.24) is 9.80 Å². The van der Waals surface area contributed by atoms with Crippen LogP contribution in [0.15, 0.2) is 0 Å². The van der Waals surface area contributed by atoms with Gasteiger partial charge in [-0.1, -0.05) is 0 Å². The summed E-state index contributed by atoms with van der Waals surface area (Å²) in [6, 6.07) is 0.744. The van der Waals surface area contributed by atoms with Crippen molar-refractivity contribution in [2.24, 2.45) is 5.92 Å². The molecule has 0 amide bonds. The summed E-state index contributed by atoms with van der Waals surface area (Å²) in [7, 11) is 4.33. The Bertz CT molecular complexity index is 219. The Morgan fingerprint density at radius 3 is 2.29 bits per heavy atom. The summed E-state index contributed by atoms with van der Waals surface area (Å²) in [5.74, 6) is 0.846. The second-order valence-corrected chi connectivity index (χ2v) is 5.40. The molecule has 0 aromatic heterocycles. The second-order valence-electron chi connectivity index (χ2n) is 5.40. The number of hydrogen-bond acceptors (Lipinski definition) is 4. The molecule has 3 rings (SSSR count). The maximum Gasteiger partial charge on any atom is 0.0625 e. The predicted molar refractivity (Wildman–Crippen MR) is 68.3 cm³/mol. The molecule has 3 aliphatic rings. The SMILES string of the molecule is CN1CCCC2COCC21.CN1CCOCC1. The summed E-state index contributed by atoms with van der Waals surface area (Å²) in [5.41, 5.74) is 0. The average molecular weight is 242 g/mol. The molecule has 0 radical (unpaired) electrons. The van der Waals surface area contributed by atoms with Crippen LogP contribution in [0, 0.1) is 5.92 Å². The van der Waals surface area contributed by atoms with E-state index in [0.717, 1.165) is 51.5 Å². The van der Waals surface area contributed by atoms with Crippen LogP contribution >= 0.6 is 0 Å². The molecule has 0 saturated carbocycles. The Morgan fingerprint density at radius 2 is 1.71 bits per heavy atom. The van der Waals surface area contributed by atoms with Gasteiger partial charge in [-0.25, -0.2) is 0 Å². The van der Waals surface area contributed by atoms with Gasteiger partial charge in [-0.3, -0.25) is 0 Å². The molecule has 4 heteroatoms. The predicted octanol–water partition coefficient (Wildman–Crippen LogP) is 0.675. The number of morpholine rings is 1. The quantitative estimate of drug-likeness (QED) is 0.623. The molecule has 100 valence electrons. The number of nitrogens with zero attached hydrogens (tertiary/aromatic N) is 2. The Labute approximate surface area is 105 Å². The average Bonchev–Trinajstić information content (AvgIpc) is 2.80. The third-order valence-electron chi connectivity index (χ3n) is 4.05. The first-order chi connectivity index (χ1) is 8.27. The molecule has 3 saturated heterocycles. The lowest BCUT2D eigenvalue weighted by Gasteiger charge is -2.32. The third kappa shape index (κ3) is 3.91. The van der Waals surface area contributed by atoms with Gasteiger partial charge in [0.2, 0.25) is 0 Å². The Balaban J connectivity index is 0.000000136. The summed E-state index contributed by atoms with van der Waals surface area (Å²) in [5, 5.41) is 0. The number of hydrogen-bond donors (Lipinski definition) is 0. The summed E-state index contributed by atoms with van der Waals surface area (Å²) in [4.78, 5) is 4.71. The molecule has 4 nitrogen and oxygen atoms in total. The topological polar surface area (TPSA) is 24.9 Å². The molecule has 0 N–H and O–H groups in total. The molecular weight excluding hydrogens is 216 g/mol. The lowest BCUT2D eigenvalue weighted by molar-refractivity contribution is 0.0503. The fourth-order valence-electron chi connectivity index (χ4n) is 2.77. The van der Waals surface area contributed by atoms with Gasteiger partial charge in [-0.15, -0.1) is 0 Å². The van der Waals surface area contributed by atoms with Crippen molar-refractivity contribution in [2.45, 2.75) is 18.9 Å². The van der Waals surface area contributed by atoms with Crippen molar-refractivity contribution in [3.8, 4) is 0 Å². The third-order valence-corrected chi connectivity index (χ3v) is 4.05. The van der Waals surface area contributed by atoms with Crippen LogP contribution in [0.1, 0.15) is 12.8 Å². The Kier molecular flexibility index (Phi) is 5.22. The molecule has 3 heterocycles. The van der Waals surface area contributed by atoms with Crippen LogP contribution in [0.5, 0.6) is 0 Å². The van der Waals surface area contributed by atoms with Crippen LogP contribution in [-0.4, -0.2) is 76.0 Å². The van der Waals surface area contributed by atoms with E-state index in [1.807, 2.05) is 0 Å². The molecule has 0 aliphatic carbocycles. The van der Waals surface area contributed by atoms with Crippen LogP contribution in [0.25, 0.3) is 0 Å². The van der Waals surface area contributed by atoms with Crippen LogP contribution < -0.4 is 0 Å². The van der Waals surface area contributed by atoms with E-state index in [0.29, 0.717) is 0 Å². The van der Waals surface area contributed by atoms with Gasteiger partial charge in [0.15, 0.2) is 0 Å². The summed E-state index contributed by atoms with van der Waals surface area (Å²) in [6.07, 6.45) is 2.75. The first kappa shape index (κ1) is 13.3. The standard InChI is InChI=1S/C8H15NO.C5H11NO/c1-9-4-2-3-7-5-10-6-8(7)9;1-6-2-4-7-5-3-6/h7-8H,2-6H2,1H3;2-5H2,1H3. The van der Waals surface area contributed by atoms with Crippen molar-refractivity contribution < 1.29 is 9.47 Å². The number of rotatable bonds is 0. The molecule has 0 spiro atoms. The van der Waals surface area contributed by atoms with Crippen molar-refractivity contribution in [2.75, 3.05) is 60.2 Å². The van der Waals surface area contributed by atoms with Gasteiger partial charge in [0.25, 0.3) is 0 Å². The van der Waals surface area contributed by atoms with Gasteiger partial charge in [-0.05, 0) is 33.5 Å². The van der Waals surface area contributed by atoms with Gasteiger partial charge in [0.1, 0.15) is 0 Å². The summed E-state index contributed by atoms with van der Waals surface area (Å²) < 4.78 is 10.5. The number of ether oxygens (including phenoxy) is 2. The van der Waals surface area contributed by atoms with Crippen molar-refractivity contribution in [1.29, 1.82) is 0 Å². The second kappa shape index (κ2) is 6.69. The molecule has 0 aromatic rings. The van der Waals surface area contributed by atoms with Gasteiger partial charge in [-0.2, -0.15) is 0 Å². The minimum Gasteiger partial charge on any atom is -0.379 e. The highest BCUT2D eigenvalue weighted by Crippen LogP contribution is 2.27. The lowest BCUT2D eigenvalue weighted by Crippen LogP contribution is -2.41. The number of fused-ring (bicyclic) bond motifs is 1. The first-order valence-electron chi connectivity index (χ1n) is 6.81. The monoisotopic (exact) mass is 242 g/mol. The highest BCUT2D eigenvalue weighted by atomic mass is 16.5. The highest BCUT2D eigenvalue weighted by Gasteiger charge is 2.33. The normalized spacial score (nSPS) is 34.9.